The number of hydrogen-bond acceptors (Lipinski definition) is 3. The minimum Gasteiger partial charge on any atom is -0.345 e. The van der Waals surface area contributed by atoms with E-state index in [1.807, 2.05) is 11.8 Å². The lowest BCUT2D eigenvalue weighted by Crippen LogP contribution is -2.47. The van der Waals surface area contributed by atoms with Crippen molar-refractivity contribution in [2.75, 3.05) is 13.1 Å². The van der Waals surface area contributed by atoms with E-state index in [1.165, 1.54) is 12.8 Å². The minimum atomic E-state index is -0.381. The molecule has 0 aromatic rings. The van der Waals surface area contributed by atoms with Gasteiger partial charge in [0, 0.05) is 31.6 Å². The fourth-order valence-electron chi connectivity index (χ4n) is 4.18. The van der Waals surface area contributed by atoms with Crippen molar-refractivity contribution >= 4 is 11.8 Å². The molecule has 3 rings (SSSR count). The lowest BCUT2D eigenvalue weighted by Gasteiger charge is -2.29. The van der Waals surface area contributed by atoms with Crippen LogP contribution in [0.3, 0.4) is 0 Å². The average molecular weight is 293 g/mol. The number of rotatable bonds is 4. The van der Waals surface area contributed by atoms with Crippen LogP contribution in [0.4, 0.5) is 0 Å². The second-order valence-corrected chi connectivity index (χ2v) is 7.00. The molecule has 3 atom stereocenters. The van der Waals surface area contributed by atoms with Crippen molar-refractivity contribution in [3.8, 4) is 0 Å². The van der Waals surface area contributed by atoms with Crippen LogP contribution in [-0.4, -0.2) is 47.9 Å². The molecule has 3 unspecified atom stereocenters. The molecule has 2 amide bonds. The Morgan fingerprint density at radius 3 is 2.43 bits per heavy atom. The van der Waals surface area contributed by atoms with E-state index < -0.39 is 0 Å². The first-order chi connectivity index (χ1) is 10.1. The van der Waals surface area contributed by atoms with Crippen molar-refractivity contribution in [2.24, 2.45) is 5.92 Å². The van der Waals surface area contributed by atoms with Crippen LogP contribution in [-0.2, 0) is 9.59 Å². The summed E-state index contributed by atoms with van der Waals surface area (Å²) in [6, 6.07) is 0.851. The number of hydrogen-bond donors (Lipinski definition) is 2. The van der Waals surface area contributed by atoms with Crippen LogP contribution >= 0.6 is 0 Å². The number of carbonyl (C=O) groups excluding carboxylic acids is 2. The first-order valence-electron chi connectivity index (χ1n) is 8.46. The molecular weight excluding hydrogens is 266 g/mol. The predicted molar refractivity (Wildman–Crippen MR) is 80.7 cm³/mol. The van der Waals surface area contributed by atoms with Crippen LogP contribution in [0, 0.1) is 5.92 Å². The fraction of sp³-hybridized carbons (Fsp3) is 0.875. The van der Waals surface area contributed by atoms with Gasteiger partial charge in [-0.2, -0.15) is 0 Å². The number of nitrogens with zero attached hydrogens (tertiary/aromatic N) is 1. The molecule has 0 spiro atoms. The second kappa shape index (κ2) is 6.34. The quantitative estimate of drug-likeness (QED) is 0.814. The number of likely N-dealkylation sites (tertiary alicyclic amines) is 1. The van der Waals surface area contributed by atoms with Gasteiger partial charge in [-0.1, -0.05) is 0 Å². The summed E-state index contributed by atoms with van der Waals surface area (Å²) in [6.07, 6.45) is 7.48. The molecule has 0 aromatic carbocycles. The zero-order chi connectivity index (χ0) is 14.8. The van der Waals surface area contributed by atoms with Gasteiger partial charge < -0.3 is 15.5 Å². The molecule has 118 valence electrons. The summed E-state index contributed by atoms with van der Waals surface area (Å²) in [5, 5.41) is 6.50. The lowest BCUT2D eigenvalue weighted by atomic mass is 9.89. The fourth-order valence-corrected chi connectivity index (χ4v) is 4.18. The zero-order valence-corrected chi connectivity index (χ0v) is 12.9. The number of amides is 2. The van der Waals surface area contributed by atoms with Gasteiger partial charge in [0.15, 0.2) is 0 Å². The summed E-state index contributed by atoms with van der Waals surface area (Å²) in [6.45, 7) is 3.50. The molecule has 3 aliphatic rings. The van der Waals surface area contributed by atoms with E-state index in [0.717, 1.165) is 38.8 Å². The van der Waals surface area contributed by atoms with Gasteiger partial charge in [-0.05, 0) is 51.4 Å². The van der Waals surface area contributed by atoms with Crippen molar-refractivity contribution in [3.63, 3.8) is 0 Å². The van der Waals surface area contributed by atoms with Gasteiger partial charge in [0.05, 0.1) is 0 Å². The average Bonchev–Trinajstić information content (AvgIpc) is 3.07. The molecule has 2 bridgehead atoms. The first-order valence-corrected chi connectivity index (χ1v) is 8.46. The largest absolute Gasteiger partial charge is 0.345 e. The first kappa shape index (κ1) is 14.8. The molecule has 0 aromatic heterocycles. The van der Waals surface area contributed by atoms with Crippen LogP contribution < -0.4 is 10.6 Å². The number of fused-ring (bicyclic) bond motifs is 2. The molecule has 3 heterocycles. The van der Waals surface area contributed by atoms with Gasteiger partial charge in [-0.25, -0.2) is 0 Å². The highest BCUT2D eigenvalue weighted by molar-refractivity contribution is 5.87. The Balaban J connectivity index is 1.44. The SMILES string of the molecule is CC(NC(=O)CC1CC2CCC(C1)N2)C(=O)N1CCCC1. The molecule has 5 nitrogen and oxygen atoms in total. The molecule has 3 aliphatic heterocycles. The summed E-state index contributed by atoms with van der Waals surface area (Å²) in [7, 11) is 0. The van der Waals surface area contributed by atoms with Gasteiger partial charge >= 0.3 is 0 Å². The Labute approximate surface area is 126 Å². The van der Waals surface area contributed by atoms with Crippen LogP contribution in [0.2, 0.25) is 0 Å². The standard InChI is InChI=1S/C16H27N3O2/c1-11(16(21)19-6-2-3-7-19)17-15(20)10-12-8-13-4-5-14(9-12)18-13/h11-14,18H,2-10H2,1H3,(H,17,20). The van der Waals surface area contributed by atoms with E-state index in [2.05, 4.69) is 10.6 Å². The minimum absolute atomic E-state index is 0.0429. The van der Waals surface area contributed by atoms with Crippen molar-refractivity contribution in [1.29, 1.82) is 0 Å². The maximum atomic E-state index is 12.2. The second-order valence-electron chi connectivity index (χ2n) is 7.00. The van der Waals surface area contributed by atoms with E-state index >= 15 is 0 Å². The summed E-state index contributed by atoms with van der Waals surface area (Å²) in [5.74, 6) is 0.602. The van der Waals surface area contributed by atoms with E-state index in [4.69, 9.17) is 0 Å². The molecule has 2 N–H and O–H groups in total. The van der Waals surface area contributed by atoms with Crippen LogP contribution in [0.1, 0.15) is 51.9 Å². The van der Waals surface area contributed by atoms with Gasteiger partial charge in [-0.15, -0.1) is 0 Å². The third kappa shape index (κ3) is 3.57. The Morgan fingerprint density at radius 1 is 1.19 bits per heavy atom. The molecule has 0 saturated carbocycles. The molecular formula is C16H27N3O2. The number of piperidine rings is 1. The maximum absolute atomic E-state index is 12.2. The molecule has 0 aliphatic carbocycles. The number of carbonyl (C=O) groups is 2. The Hall–Kier alpha value is -1.10. The maximum Gasteiger partial charge on any atom is 0.244 e. The zero-order valence-electron chi connectivity index (χ0n) is 12.9. The highest BCUT2D eigenvalue weighted by Crippen LogP contribution is 2.32. The summed E-state index contributed by atoms with van der Waals surface area (Å²) >= 11 is 0. The summed E-state index contributed by atoms with van der Waals surface area (Å²) in [5.41, 5.74) is 0. The lowest BCUT2D eigenvalue weighted by molar-refractivity contribution is -0.135. The third-order valence-electron chi connectivity index (χ3n) is 5.21. The Kier molecular flexibility index (Phi) is 4.48. The van der Waals surface area contributed by atoms with Crippen molar-refractivity contribution < 1.29 is 9.59 Å². The van der Waals surface area contributed by atoms with Gasteiger partial charge in [0.1, 0.15) is 6.04 Å². The Morgan fingerprint density at radius 2 is 1.81 bits per heavy atom. The van der Waals surface area contributed by atoms with Gasteiger partial charge in [0.2, 0.25) is 11.8 Å². The molecule has 21 heavy (non-hydrogen) atoms. The monoisotopic (exact) mass is 293 g/mol. The van der Waals surface area contributed by atoms with Crippen LogP contribution in [0.15, 0.2) is 0 Å². The van der Waals surface area contributed by atoms with E-state index in [9.17, 15) is 9.59 Å². The van der Waals surface area contributed by atoms with E-state index in [-0.39, 0.29) is 17.9 Å². The molecule has 5 heteroatoms. The van der Waals surface area contributed by atoms with Crippen molar-refractivity contribution in [1.82, 2.24) is 15.5 Å². The van der Waals surface area contributed by atoms with E-state index in [1.54, 1.807) is 0 Å². The highest BCUT2D eigenvalue weighted by atomic mass is 16.2. The Bertz CT molecular complexity index is 394. The molecule has 3 fully saturated rings. The van der Waals surface area contributed by atoms with Gasteiger partial charge in [-0.3, -0.25) is 9.59 Å². The summed E-state index contributed by atoms with van der Waals surface area (Å²) in [4.78, 5) is 26.2. The van der Waals surface area contributed by atoms with Crippen molar-refractivity contribution in [3.05, 3.63) is 0 Å². The summed E-state index contributed by atoms with van der Waals surface area (Å²) < 4.78 is 0. The smallest absolute Gasteiger partial charge is 0.244 e. The highest BCUT2D eigenvalue weighted by Gasteiger charge is 2.34. The van der Waals surface area contributed by atoms with Crippen LogP contribution in [0.25, 0.3) is 0 Å². The molecule has 3 saturated heterocycles. The topological polar surface area (TPSA) is 61.4 Å². The van der Waals surface area contributed by atoms with E-state index in [0.29, 0.717) is 24.4 Å². The number of nitrogens with one attached hydrogen (secondary N) is 2. The third-order valence-corrected chi connectivity index (χ3v) is 5.21. The van der Waals surface area contributed by atoms with Crippen LogP contribution in [0.5, 0.6) is 0 Å². The van der Waals surface area contributed by atoms with Gasteiger partial charge in [0.25, 0.3) is 0 Å². The molecule has 0 radical (unpaired) electrons. The normalized spacial score (nSPS) is 33.0. The predicted octanol–water partition coefficient (Wildman–Crippen LogP) is 1.03. The van der Waals surface area contributed by atoms with Crippen molar-refractivity contribution in [2.45, 2.75) is 70.0 Å².